The quantitative estimate of drug-likeness (QED) is 0.754. The molecule has 5 nitrogen and oxygen atoms in total. The Morgan fingerprint density at radius 1 is 1.14 bits per heavy atom. The summed E-state index contributed by atoms with van der Waals surface area (Å²) in [6.07, 6.45) is 0. The maximum absolute atomic E-state index is 12.1. The lowest BCUT2D eigenvalue weighted by molar-refractivity contribution is 0.102. The van der Waals surface area contributed by atoms with Crippen molar-refractivity contribution < 1.29 is 13.2 Å². The Hall–Kier alpha value is -1.45. The highest BCUT2D eigenvalue weighted by Gasteiger charge is 2.11. The molecule has 0 spiro atoms. The number of rotatable bonds is 3. The van der Waals surface area contributed by atoms with Crippen LogP contribution in [0, 0.1) is 10.5 Å². The zero-order valence-electron chi connectivity index (χ0n) is 11.1. The molecule has 0 heterocycles. The zero-order chi connectivity index (χ0) is 15.6. The molecule has 0 fully saturated rings. The largest absolute Gasteiger partial charge is 0.322 e. The highest BCUT2D eigenvalue weighted by atomic mass is 127. The Balaban J connectivity index is 2.21. The fourth-order valence-corrected chi connectivity index (χ4v) is 2.92. The van der Waals surface area contributed by atoms with E-state index in [0.29, 0.717) is 5.56 Å². The molecule has 0 saturated carbocycles. The SMILES string of the molecule is Cc1cc(I)ccc1NC(=O)c1ccc(S(N)(=O)=O)cc1. The normalized spacial score (nSPS) is 11.2. The number of nitrogens with one attached hydrogen (secondary N) is 1. The molecule has 0 aromatic heterocycles. The number of primary sulfonamides is 1. The Morgan fingerprint density at radius 3 is 2.29 bits per heavy atom. The molecule has 0 bridgehead atoms. The van der Waals surface area contributed by atoms with Crippen LogP contribution in [0.25, 0.3) is 0 Å². The lowest BCUT2D eigenvalue weighted by atomic mass is 10.1. The summed E-state index contributed by atoms with van der Waals surface area (Å²) in [6, 6.07) is 11.2. The fraction of sp³-hybridized carbons (Fsp3) is 0.0714. The third-order valence-electron chi connectivity index (χ3n) is 2.88. The lowest BCUT2D eigenvalue weighted by Crippen LogP contribution is -2.15. The van der Waals surface area contributed by atoms with E-state index in [2.05, 4.69) is 27.9 Å². The van der Waals surface area contributed by atoms with Crippen molar-refractivity contribution in [2.24, 2.45) is 5.14 Å². The molecule has 21 heavy (non-hydrogen) atoms. The number of halogens is 1. The van der Waals surface area contributed by atoms with Crippen LogP contribution in [-0.2, 0) is 10.0 Å². The second-order valence-electron chi connectivity index (χ2n) is 4.48. The van der Waals surface area contributed by atoms with Crippen molar-refractivity contribution in [3.8, 4) is 0 Å². The highest BCUT2D eigenvalue weighted by molar-refractivity contribution is 14.1. The van der Waals surface area contributed by atoms with Gasteiger partial charge in [-0.2, -0.15) is 0 Å². The Morgan fingerprint density at radius 2 is 1.76 bits per heavy atom. The van der Waals surface area contributed by atoms with E-state index in [-0.39, 0.29) is 10.8 Å². The number of benzene rings is 2. The maximum atomic E-state index is 12.1. The monoisotopic (exact) mass is 416 g/mol. The molecule has 1 amide bonds. The van der Waals surface area contributed by atoms with Gasteiger partial charge in [-0.05, 0) is 77.5 Å². The first-order valence-electron chi connectivity index (χ1n) is 5.98. The van der Waals surface area contributed by atoms with Crippen molar-refractivity contribution in [1.29, 1.82) is 0 Å². The zero-order valence-corrected chi connectivity index (χ0v) is 14.1. The average molecular weight is 416 g/mol. The standard InChI is InChI=1S/C14H13IN2O3S/c1-9-8-11(15)4-7-13(9)17-14(18)10-2-5-12(6-3-10)21(16,19)20/h2-8H,1H3,(H,17,18)(H2,16,19,20). The summed E-state index contributed by atoms with van der Waals surface area (Å²) in [4.78, 5) is 12.1. The van der Waals surface area contributed by atoms with E-state index in [1.165, 1.54) is 24.3 Å². The molecule has 3 N–H and O–H groups in total. The maximum Gasteiger partial charge on any atom is 0.255 e. The van der Waals surface area contributed by atoms with E-state index in [0.717, 1.165) is 14.8 Å². The van der Waals surface area contributed by atoms with E-state index in [1.807, 2.05) is 25.1 Å². The van der Waals surface area contributed by atoms with Gasteiger partial charge in [-0.3, -0.25) is 4.79 Å². The first-order chi connectivity index (χ1) is 9.77. The number of carbonyl (C=O) groups is 1. The number of aryl methyl sites for hydroxylation is 1. The second kappa shape index (κ2) is 6.12. The van der Waals surface area contributed by atoms with Gasteiger partial charge in [0.1, 0.15) is 0 Å². The minimum absolute atomic E-state index is 0.0236. The molecule has 2 aromatic carbocycles. The molecule has 7 heteroatoms. The van der Waals surface area contributed by atoms with Gasteiger partial charge in [-0.15, -0.1) is 0 Å². The summed E-state index contributed by atoms with van der Waals surface area (Å²) in [7, 11) is -3.75. The lowest BCUT2D eigenvalue weighted by Gasteiger charge is -2.09. The second-order valence-corrected chi connectivity index (χ2v) is 7.29. The summed E-state index contributed by atoms with van der Waals surface area (Å²) >= 11 is 2.20. The smallest absolute Gasteiger partial charge is 0.255 e. The molecule has 2 aromatic rings. The predicted molar refractivity (Wildman–Crippen MR) is 89.7 cm³/mol. The van der Waals surface area contributed by atoms with Gasteiger partial charge in [0.25, 0.3) is 5.91 Å². The van der Waals surface area contributed by atoms with E-state index >= 15 is 0 Å². The highest BCUT2D eigenvalue weighted by Crippen LogP contribution is 2.19. The molecule has 2 rings (SSSR count). The third-order valence-corrected chi connectivity index (χ3v) is 4.48. The van der Waals surface area contributed by atoms with Gasteiger partial charge in [0.05, 0.1) is 4.90 Å². The number of hydrogen-bond acceptors (Lipinski definition) is 3. The van der Waals surface area contributed by atoms with Gasteiger partial charge in [-0.25, -0.2) is 13.6 Å². The molecule has 0 aliphatic carbocycles. The minimum atomic E-state index is -3.75. The fourth-order valence-electron chi connectivity index (χ4n) is 1.76. The van der Waals surface area contributed by atoms with E-state index < -0.39 is 10.0 Å². The van der Waals surface area contributed by atoms with Crippen LogP contribution in [0.5, 0.6) is 0 Å². The van der Waals surface area contributed by atoms with Crippen LogP contribution < -0.4 is 10.5 Å². The van der Waals surface area contributed by atoms with Crippen LogP contribution in [0.3, 0.4) is 0 Å². The van der Waals surface area contributed by atoms with Crippen molar-refractivity contribution in [3.63, 3.8) is 0 Å². The van der Waals surface area contributed by atoms with Crippen molar-refractivity contribution in [3.05, 3.63) is 57.2 Å². The predicted octanol–water partition coefficient (Wildman–Crippen LogP) is 2.50. The number of hydrogen-bond donors (Lipinski definition) is 2. The first kappa shape index (κ1) is 15.9. The molecule has 0 aliphatic rings. The van der Waals surface area contributed by atoms with E-state index in [1.54, 1.807) is 0 Å². The summed E-state index contributed by atoms with van der Waals surface area (Å²) in [6.45, 7) is 1.90. The molecule has 0 radical (unpaired) electrons. The van der Waals surface area contributed by atoms with Crippen LogP contribution in [-0.4, -0.2) is 14.3 Å². The summed E-state index contributed by atoms with van der Waals surface area (Å²) < 4.78 is 23.4. The number of nitrogens with two attached hydrogens (primary N) is 1. The topological polar surface area (TPSA) is 89.3 Å². The number of carbonyl (C=O) groups excluding carboxylic acids is 1. The Kier molecular flexibility index (Phi) is 4.64. The molecule has 0 saturated heterocycles. The number of amides is 1. The van der Waals surface area contributed by atoms with Crippen LogP contribution in [0.15, 0.2) is 47.4 Å². The van der Waals surface area contributed by atoms with Crippen LogP contribution in [0.4, 0.5) is 5.69 Å². The molecule has 0 aliphatic heterocycles. The Labute approximate surface area is 136 Å². The van der Waals surface area contributed by atoms with Crippen LogP contribution >= 0.6 is 22.6 Å². The molecular weight excluding hydrogens is 403 g/mol. The van der Waals surface area contributed by atoms with Gasteiger partial charge < -0.3 is 5.32 Å². The summed E-state index contributed by atoms with van der Waals surface area (Å²) in [5.74, 6) is -0.305. The third kappa shape index (κ3) is 4.02. The number of sulfonamides is 1. The first-order valence-corrected chi connectivity index (χ1v) is 8.60. The molecular formula is C14H13IN2O3S. The minimum Gasteiger partial charge on any atom is -0.322 e. The average Bonchev–Trinajstić information content (AvgIpc) is 2.41. The van der Waals surface area contributed by atoms with Crippen LogP contribution in [0.2, 0.25) is 0 Å². The van der Waals surface area contributed by atoms with E-state index in [9.17, 15) is 13.2 Å². The summed E-state index contributed by atoms with van der Waals surface area (Å²) in [5.41, 5.74) is 2.03. The van der Waals surface area contributed by atoms with Gasteiger partial charge >= 0.3 is 0 Å². The van der Waals surface area contributed by atoms with Crippen molar-refractivity contribution in [2.75, 3.05) is 5.32 Å². The van der Waals surface area contributed by atoms with Crippen molar-refractivity contribution in [1.82, 2.24) is 0 Å². The number of anilines is 1. The summed E-state index contributed by atoms with van der Waals surface area (Å²) in [5, 5.41) is 7.80. The molecule has 0 unspecified atom stereocenters. The van der Waals surface area contributed by atoms with Gasteiger partial charge in [0.15, 0.2) is 0 Å². The molecule has 0 atom stereocenters. The van der Waals surface area contributed by atoms with Gasteiger partial charge in [-0.1, -0.05) is 0 Å². The van der Waals surface area contributed by atoms with Gasteiger partial charge in [0.2, 0.25) is 10.0 Å². The van der Waals surface area contributed by atoms with Crippen molar-refractivity contribution in [2.45, 2.75) is 11.8 Å². The van der Waals surface area contributed by atoms with Crippen LogP contribution in [0.1, 0.15) is 15.9 Å². The molecule has 110 valence electrons. The Bertz CT molecular complexity index is 786. The van der Waals surface area contributed by atoms with Crippen molar-refractivity contribution >= 4 is 44.2 Å². The van der Waals surface area contributed by atoms with E-state index in [4.69, 9.17) is 5.14 Å². The van der Waals surface area contributed by atoms with Gasteiger partial charge in [0, 0.05) is 14.8 Å².